The lowest BCUT2D eigenvalue weighted by Gasteiger charge is -2.11. The molecule has 0 aromatic carbocycles. The zero-order chi connectivity index (χ0) is 12.3. The summed E-state index contributed by atoms with van der Waals surface area (Å²) in [6.45, 7) is 8.56. The Kier molecular flexibility index (Phi) is 4.51. The van der Waals surface area contributed by atoms with E-state index in [-0.39, 0.29) is 0 Å². The van der Waals surface area contributed by atoms with Crippen molar-refractivity contribution in [1.82, 2.24) is 15.1 Å². The SMILES string of the molecule is Cc1nn(CCCN[C@H]2CCSC2)c(C)c1C. The summed E-state index contributed by atoms with van der Waals surface area (Å²) in [5.74, 6) is 2.62. The second-order valence-corrected chi connectivity index (χ2v) is 6.04. The molecule has 0 spiro atoms. The third kappa shape index (κ3) is 3.26. The number of rotatable bonds is 5. The number of nitrogens with one attached hydrogen (secondary N) is 1. The maximum atomic E-state index is 4.56. The third-order valence-electron chi connectivity index (χ3n) is 3.65. The van der Waals surface area contributed by atoms with Gasteiger partial charge in [-0.3, -0.25) is 4.68 Å². The van der Waals surface area contributed by atoms with Gasteiger partial charge in [-0.15, -0.1) is 0 Å². The molecule has 2 rings (SSSR count). The van der Waals surface area contributed by atoms with Crippen LogP contribution in [-0.2, 0) is 6.54 Å². The molecule has 1 aliphatic heterocycles. The van der Waals surface area contributed by atoms with Gasteiger partial charge in [0, 0.05) is 24.0 Å². The molecule has 1 saturated heterocycles. The molecule has 0 radical (unpaired) electrons. The third-order valence-corrected chi connectivity index (χ3v) is 4.82. The molecule has 17 heavy (non-hydrogen) atoms. The van der Waals surface area contributed by atoms with Gasteiger partial charge in [-0.2, -0.15) is 16.9 Å². The fraction of sp³-hybridized carbons (Fsp3) is 0.769. The van der Waals surface area contributed by atoms with E-state index >= 15 is 0 Å². The van der Waals surface area contributed by atoms with Crippen LogP contribution >= 0.6 is 11.8 Å². The highest BCUT2D eigenvalue weighted by Gasteiger charge is 2.14. The normalized spacial score (nSPS) is 20.1. The molecule has 0 amide bonds. The highest BCUT2D eigenvalue weighted by molar-refractivity contribution is 7.99. The lowest BCUT2D eigenvalue weighted by Crippen LogP contribution is -2.30. The molecule has 0 aliphatic carbocycles. The molecule has 96 valence electrons. The minimum Gasteiger partial charge on any atom is -0.313 e. The van der Waals surface area contributed by atoms with E-state index in [0.29, 0.717) is 0 Å². The number of aromatic nitrogens is 2. The van der Waals surface area contributed by atoms with Gasteiger partial charge in [0.1, 0.15) is 0 Å². The first-order chi connectivity index (χ1) is 8.18. The highest BCUT2D eigenvalue weighted by atomic mass is 32.2. The van der Waals surface area contributed by atoms with Crippen LogP contribution in [0.5, 0.6) is 0 Å². The fourth-order valence-electron chi connectivity index (χ4n) is 2.23. The van der Waals surface area contributed by atoms with E-state index in [1.807, 2.05) is 0 Å². The predicted molar refractivity (Wildman–Crippen MR) is 74.8 cm³/mol. The van der Waals surface area contributed by atoms with Crippen molar-refractivity contribution in [2.24, 2.45) is 0 Å². The second-order valence-electron chi connectivity index (χ2n) is 4.89. The molecular formula is C13H23N3S. The van der Waals surface area contributed by atoms with Crippen LogP contribution < -0.4 is 5.32 Å². The first-order valence-corrected chi connectivity index (χ1v) is 7.65. The monoisotopic (exact) mass is 253 g/mol. The summed E-state index contributed by atoms with van der Waals surface area (Å²) in [6.07, 6.45) is 2.51. The van der Waals surface area contributed by atoms with Crippen LogP contribution in [0.25, 0.3) is 0 Å². The standard InChI is InChI=1S/C13H23N3S/c1-10-11(2)15-16(12(10)3)7-4-6-14-13-5-8-17-9-13/h13-14H,4-9H2,1-3H3/t13-/m0/s1. The Bertz CT molecular complexity index is 367. The maximum absolute atomic E-state index is 4.56. The molecule has 0 bridgehead atoms. The van der Waals surface area contributed by atoms with Crippen LogP contribution in [0.3, 0.4) is 0 Å². The topological polar surface area (TPSA) is 29.9 Å². The zero-order valence-corrected chi connectivity index (χ0v) is 11.9. The van der Waals surface area contributed by atoms with Gasteiger partial charge in [0.05, 0.1) is 5.69 Å². The fourth-order valence-corrected chi connectivity index (χ4v) is 3.42. The molecule has 1 fully saturated rings. The van der Waals surface area contributed by atoms with Crippen LogP contribution in [0, 0.1) is 20.8 Å². The summed E-state index contributed by atoms with van der Waals surface area (Å²) >= 11 is 2.06. The van der Waals surface area contributed by atoms with Crippen LogP contribution in [0.2, 0.25) is 0 Å². The van der Waals surface area contributed by atoms with Gasteiger partial charge in [0.2, 0.25) is 0 Å². The van der Waals surface area contributed by atoms with E-state index < -0.39 is 0 Å². The summed E-state index contributed by atoms with van der Waals surface area (Å²) in [5, 5.41) is 8.19. The molecule has 1 atom stereocenters. The Morgan fingerprint density at radius 1 is 1.41 bits per heavy atom. The molecule has 1 aromatic rings. The Labute approximate surface area is 108 Å². The van der Waals surface area contributed by atoms with Crippen molar-refractivity contribution in [3.05, 3.63) is 17.0 Å². The Morgan fingerprint density at radius 3 is 2.82 bits per heavy atom. The van der Waals surface area contributed by atoms with E-state index in [4.69, 9.17) is 0 Å². The van der Waals surface area contributed by atoms with Gasteiger partial charge in [-0.1, -0.05) is 0 Å². The van der Waals surface area contributed by atoms with Crippen molar-refractivity contribution >= 4 is 11.8 Å². The summed E-state index contributed by atoms with van der Waals surface area (Å²) in [5.41, 5.74) is 3.83. The average molecular weight is 253 g/mol. The summed E-state index contributed by atoms with van der Waals surface area (Å²) < 4.78 is 2.15. The van der Waals surface area contributed by atoms with E-state index in [1.54, 1.807) is 0 Å². The van der Waals surface area contributed by atoms with E-state index in [0.717, 1.165) is 19.1 Å². The quantitative estimate of drug-likeness (QED) is 0.817. The highest BCUT2D eigenvalue weighted by Crippen LogP contribution is 2.17. The van der Waals surface area contributed by atoms with Crippen LogP contribution in [-0.4, -0.2) is 33.9 Å². The average Bonchev–Trinajstić information content (AvgIpc) is 2.90. The Hall–Kier alpha value is -0.480. The molecule has 3 nitrogen and oxygen atoms in total. The van der Waals surface area contributed by atoms with Gasteiger partial charge < -0.3 is 5.32 Å². The van der Waals surface area contributed by atoms with Crippen molar-refractivity contribution in [1.29, 1.82) is 0 Å². The van der Waals surface area contributed by atoms with E-state index in [2.05, 4.69) is 47.6 Å². The molecule has 1 N–H and O–H groups in total. The lowest BCUT2D eigenvalue weighted by molar-refractivity contribution is 0.495. The van der Waals surface area contributed by atoms with Gasteiger partial charge in [-0.25, -0.2) is 0 Å². The van der Waals surface area contributed by atoms with Gasteiger partial charge >= 0.3 is 0 Å². The van der Waals surface area contributed by atoms with Crippen molar-refractivity contribution in [2.45, 2.75) is 46.2 Å². The number of hydrogen-bond acceptors (Lipinski definition) is 3. The number of hydrogen-bond donors (Lipinski definition) is 1. The molecule has 2 heterocycles. The molecule has 4 heteroatoms. The van der Waals surface area contributed by atoms with Crippen molar-refractivity contribution < 1.29 is 0 Å². The minimum absolute atomic E-state index is 0.752. The second kappa shape index (κ2) is 5.91. The summed E-state index contributed by atoms with van der Waals surface area (Å²) in [4.78, 5) is 0. The molecular weight excluding hydrogens is 230 g/mol. The summed E-state index contributed by atoms with van der Waals surface area (Å²) in [7, 11) is 0. The van der Waals surface area contributed by atoms with E-state index in [1.165, 1.54) is 41.3 Å². The van der Waals surface area contributed by atoms with Crippen molar-refractivity contribution in [3.63, 3.8) is 0 Å². The maximum Gasteiger partial charge on any atom is 0.0625 e. The van der Waals surface area contributed by atoms with Crippen molar-refractivity contribution in [3.8, 4) is 0 Å². The van der Waals surface area contributed by atoms with Gasteiger partial charge in [0.25, 0.3) is 0 Å². The first kappa shape index (κ1) is 13.0. The first-order valence-electron chi connectivity index (χ1n) is 6.50. The number of aryl methyl sites for hydroxylation is 2. The predicted octanol–water partition coefficient (Wildman–Crippen LogP) is 2.29. The van der Waals surface area contributed by atoms with Gasteiger partial charge in [-0.05, 0) is 51.5 Å². The number of thioether (sulfide) groups is 1. The smallest absolute Gasteiger partial charge is 0.0625 e. The van der Waals surface area contributed by atoms with E-state index in [9.17, 15) is 0 Å². The number of nitrogens with zero attached hydrogens (tertiary/aromatic N) is 2. The molecule has 1 aliphatic rings. The summed E-state index contributed by atoms with van der Waals surface area (Å²) in [6, 6.07) is 0.752. The molecule has 1 aromatic heterocycles. The van der Waals surface area contributed by atoms with Crippen LogP contribution in [0.15, 0.2) is 0 Å². The van der Waals surface area contributed by atoms with Crippen LogP contribution in [0.4, 0.5) is 0 Å². The van der Waals surface area contributed by atoms with Crippen LogP contribution in [0.1, 0.15) is 29.8 Å². The Balaban J connectivity index is 1.72. The van der Waals surface area contributed by atoms with Crippen molar-refractivity contribution in [2.75, 3.05) is 18.1 Å². The molecule has 0 saturated carbocycles. The Morgan fingerprint density at radius 2 is 2.24 bits per heavy atom. The minimum atomic E-state index is 0.752. The largest absolute Gasteiger partial charge is 0.313 e. The zero-order valence-electron chi connectivity index (χ0n) is 11.1. The molecule has 0 unspecified atom stereocenters. The van der Waals surface area contributed by atoms with Gasteiger partial charge in [0.15, 0.2) is 0 Å². The lowest BCUT2D eigenvalue weighted by atomic mass is 10.2.